The van der Waals surface area contributed by atoms with Gasteiger partial charge in [-0.05, 0) is 32.1 Å². The SMILES string of the molecule is O=C(O)CCCCC(=O)O.OCCCCC(O)CO. The number of carboxylic acids is 2. The zero-order valence-corrected chi connectivity index (χ0v) is 11.0. The molecule has 0 rings (SSSR count). The Balaban J connectivity index is 0. The van der Waals surface area contributed by atoms with E-state index >= 15 is 0 Å². The number of carboxylic acid groups (broad SMARTS) is 2. The second-order valence-corrected chi connectivity index (χ2v) is 4.05. The minimum Gasteiger partial charge on any atom is -0.481 e. The topological polar surface area (TPSA) is 135 Å². The highest BCUT2D eigenvalue weighted by Gasteiger charge is 1.99. The minimum atomic E-state index is -0.870. The molecule has 0 aromatic heterocycles. The lowest BCUT2D eigenvalue weighted by Crippen LogP contribution is -2.11. The fraction of sp³-hybridized carbons (Fsp3) is 0.833. The Labute approximate surface area is 112 Å². The highest BCUT2D eigenvalue weighted by molar-refractivity contribution is 5.67. The molecule has 1 atom stereocenters. The molecule has 19 heavy (non-hydrogen) atoms. The van der Waals surface area contributed by atoms with Crippen molar-refractivity contribution in [1.82, 2.24) is 0 Å². The second kappa shape index (κ2) is 14.9. The molecule has 0 heterocycles. The summed E-state index contributed by atoms with van der Waals surface area (Å²) >= 11 is 0. The smallest absolute Gasteiger partial charge is 0.303 e. The quantitative estimate of drug-likeness (QED) is 0.361. The predicted molar refractivity (Wildman–Crippen MR) is 67.8 cm³/mol. The molecule has 0 spiro atoms. The van der Waals surface area contributed by atoms with Gasteiger partial charge in [-0.1, -0.05) is 0 Å². The van der Waals surface area contributed by atoms with Crippen molar-refractivity contribution in [2.24, 2.45) is 0 Å². The van der Waals surface area contributed by atoms with Crippen LogP contribution in [0.25, 0.3) is 0 Å². The molecule has 0 bridgehead atoms. The molecule has 0 aliphatic heterocycles. The summed E-state index contributed by atoms with van der Waals surface area (Å²) in [5, 5.41) is 41.6. The molecule has 0 radical (unpaired) electrons. The summed E-state index contributed by atoms with van der Waals surface area (Å²) in [5.41, 5.74) is 0. The molecule has 0 aliphatic rings. The number of unbranched alkanes of at least 4 members (excludes halogenated alkanes) is 2. The van der Waals surface area contributed by atoms with Gasteiger partial charge in [-0.2, -0.15) is 0 Å². The van der Waals surface area contributed by atoms with Gasteiger partial charge in [0.15, 0.2) is 0 Å². The average Bonchev–Trinajstić information content (AvgIpc) is 2.35. The number of hydrogen-bond donors (Lipinski definition) is 5. The van der Waals surface area contributed by atoms with Crippen LogP contribution in [0.1, 0.15) is 44.9 Å². The maximum Gasteiger partial charge on any atom is 0.303 e. The van der Waals surface area contributed by atoms with Gasteiger partial charge in [0.2, 0.25) is 0 Å². The third-order valence-electron chi connectivity index (χ3n) is 2.19. The fourth-order valence-corrected chi connectivity index (χ4v) is 1.14. The molecule has 7 heteroatoms. The van der Waals surface area contributed by atoms with E-state index in [2.05, 4.69) is 0 Å². The van der Waals surface area contributed by atoms with E-state index in [9.17, 15) is 9.59 Å². The van der Waals surface area contributed by atoms with Crippen molar-refractivity contribution in [3.8, 4) is 0 Å². The monoisotopic (exact) mass is 280 g/mol. The van der Waals surface area contributed by atoms with Gasteiger partial charge in [-0.15, -0.1) is 0 Å². The number of aliphatic carboxylic acids is 2. The first kappa shape index (κ1) is 20.1. The molecule has 0 aliphatic carbocycles. The van der Waals surface area contributed by atoms with Crippen LogP contribution in [0.15, 0.2) is 0 Å². The standard InChI is InChI=1S/C6H10O4.C6H14O3/c7-5(8)3-1-2-4-6(9)10;7-4-2-1-3-6(9)5-8/h1-4H2,(H,7,8)(H,9,10);6-9H,1-5H2. The van der Waals surface area contributed by atoms with Gasteiger partial charge in [0, 0.05) is 19.4 Å². The molecule has 5 N–H and O–H groups in total. The molecule has 0 fully saturated rings. The summed E-state index contributed by atoms with van der Waals surface area (Å²) in [4.78, 5) is 19.8. The van der Waals surface area contributed by atoms with Crippen molar-refractivity contribution in [3.63, 3.8) is 0 Å². The first-order chi connectivity index (χ1) is 8.93. The summed E-state index contributed by atoms with van der Waals surface area (Å²) in [6.07, 6.45) is 2.48. The molecule has 1 unspecified atom stereocenters. The van der Waals surface area contributed by atoms with E-state index in [0.29, 0.717) is 25.7 Å². The van der Waals surface area contributed by atoms with Gasteiger partial charge in [0.05, 0.1) is 12.7 Å². The van der Waals surface area contributed by atoms with E-state index in [-0.39, 0.29) is 26.1 Å². The van der Waals surface area contributed by atoms with Crippen LogP contribution in [0.2, 0.25) is 0 Å². The van der Waals surface area contributed by atoms with Crippen LogP contribution < -0.4 is 0 Å². The third kappa shape index (κ3) is 22.5. The van der Waals surface area contributed by atoms with E-state index in [1.54, 1.807) is 0 Å². The number of aliphatic hydroxyl groups excluding tert-OH is 3. The van der Waals surface area contributed by atoms with E-state index in [4.69, 9.17) is 25.5 Å². The Morgan fingerprint density at radius 1 is 0.842 bits per heavy atom. The van der Waals surface area contributed by atoms with Crippen molar-refractivity contribution in [3.05, 3.63) is 0 Å². The average molecular weight is 280 g/mol. The predicted octanol–water partition coefficient (Wildman–Crippen LogP) is 0.218. The van der Waals surface area contributed by atoms with Gasteiger partial charge < -0.3 is 25.5 Å². The van der Waals surface area contributed by atoms with Gasteiger partial charge in [0.25, 0.3) is 0 Å². The zero-order valence-electron chi connectivity index (χ0n) is 11.0. The maximum absolute atomic E-state index is 9.90. The molecular formula is C12H24O7. The molecule has 0 amide bonds. The van der Waals surface area contributed by atoms with E-state index in [0.717, 1.165) is 6.42 Å². The highest BCUT2D eigenvalue weighted by atomic mass is 16.4. The summed E-state index contributed by atoms with van der Waals surface area (Å²) in [6.45, 7) is -0.0103. The van der Waals surface area contributed by atoms with Crippen LogP contribution in [0, 0.1) is 0 Å². The van der Waals surface area contributed by atoms with Crippen LogP contribution in [0.4, 0.5) is 0 Å². The summed E-state index contributed by atoms with van der Waals surface area (Å²) in [7, 11) is 0. The van der Waals surface area contributed by atoms with E-state index in [1.807, 2.05) is 0 Å². The normalized spacial score (nSPS) is 11.3. The third-order valence-corrected chi connectivity index (χ3v) is 2.19. The molecular weight excluding hydrogens is 256 g/mol. The first-order valence-electron chi connectivity index (χ1n) is 6.27. The molecule has 0 saturated heterocycles. The van der Waals surface area contributed by atoms with Gasteiger partial charge in [0.1, 0.15) is 0 Å². The number of aliphatic hydroxyl groups is 3. The number of rotatable bonds is 10. The van der Waals surface area contributed by atoms with E-state index in [1.165, 1.54) is 0 Å². The van der Waals surface area contributed by atoms with Crippen LogP contribution in [-0.2, 0) is 9.59 Å². The van der Waals surface area contributed by atoms with Crippen LogP contribution >= 0.6 is 0 Å². The number of hydrogen-bond acceptors (Lipinski definition) is 5. The zero-order chi connectivity index (χ0) is 15.1. The fourth-order valence-electron chi connectivity index (χ4n) is 1.14. The second-order valence-electron chi connectivity index (χ2n) is 4.05. The largest absolute Gasteiger partial charge is 0.481 e. The van der Waals surface area contributed by atoms with Crippen molar-refractivity contribution < 1.29 is 35.1 Å². The van der Waals surface area contributed by atoms with Crippen LogP contribution in [-0.4, -0.2) is 56.8 Å². The lowest BCUT2D eigenvalue weighted by molar-refractivity contribution is -0.139. The lowest BCUT2D eigenvalue weighted by Gasteiger charge is -2.03. The van der Waals surface area contributed by atoms with Crippen LogP contribution in [0.3, 0.4) is 0 Å². The Morgan fingerprint density at radius 2 is 1.32 bits per heavy atom. The van der Waals surface area contributed by atoms with Crippen molar-refractivity contribution >= 4 is 11.9 Å². The Hall–Kier alpha value is -1.18. The first-order valence-corrected chi connectivity index (χ1v) is 6.27. The van der Waals surface area contributed by atoms with Gasteiger partial charge in [-0.25, -0.2) is 0 Å². The van der Waals surface area contributed by atoms with Gasteiger partial charge in [-0.3, -0.25) is 9.59 Å². The van der Waals surface area contributed by atoms with Crippen molar-refractivity contribution in [2.75, 3.05) is 13.2 Å². The molecule has 7 nitrogen and oxygen atoms in total. The Bertz CT molecular complexity index is 214. The maximum atomic E-state index is 9.90. The van der Waals surface area contributed by atoms with Gasteiger partial charge >= 0.3 is 11.9 Å². The minimum absolute atomic E-state index is 0.0628. The van der Waals surface area contributed by atoms with Crippen molar-refractivity contribution in [2.45, 2.75) is 51.0 Å². The van der Waals surface area contributed by atoms with Crippen molar-refractivity contribution in [1.29, 1.82) is 0 Å². The Morgan fingerprint density at radius 3 is 1.63 bits per heavy atom. The molecule has 114 valence electrons. The number of carbonyl (C=O) groups is 2. The summed E-state index contributed by atoms with van der Waals surface area (Å²) < 4.78 is 0. The molecule has 0 saturated carbocycles. The molecule has 0 aromatic rings. The molecule has 0 aromatic carbocycles. The van der Waals surface area contributed by atoms with Crippen LogP contribution in [0.5, 0.6) is 0 Å². The Kier molecular flexibility index (Phi) is 15.8. The lowest BCUT2D eigenvalue weighted by atomic mass is 10.2. The summed E-state index contributed by atoms with van der Waals surface area (Å²) in [5.74, 6) is -1.74. The highest BCUT2D eigenvalue weighted by Crippen LogP contribution is 1.99. The summed E-state index contributed by atoms with van der Waals surface area (Å²) in [6, 6.07) is 0. The van der Waals surface area contributed by atoms with E-state index < -0.39 is 18.0 Å².